The molecule has 3 heteroatoms. The van der Waals surface area contributed by atoms with E-state index in [4.69, 9.17) is 11.6 Å². The van der Waals surface area contributed by atoms with Gasteiger partial charge in [0.05, 0.1) is 5.02 Å². The molecule has 1 aromatic rings. The van der Waals surface area contributed by atoms with Gasteiger partial charge in [-0.1, -0.05) is 11.6 Å². The maximum Gasteiger partial charge on any atom is 0.144 e. The number of aromatic nitrogens is 1. The van der Waals surface area contributed by atoms with E-state index in [-0.39, 0.29) is 0 Å². The Balaban J connectivity index is 1.69. The molecule has 1 aromatic heterocycles. The fourth-order valence-electron chi connectivity index (χ4n) is 2.52. The summed E-state index contributed by atoms with van der Waals surface area (Å²) in [5.41, 5.74) is 0. The fourth-order valence-corrected chi connectivity index (χ4v) is 2.69. The van der Waals surface area contributed by atoms with Crippen LogP contribution < -0.4 is 5.32 Å². The summed E-state index contributed by atoms with van der Waals surface area (Å²) < 4.78 is 0. The van der Waals surface area contributed by atoms with Gasteiger partial charge in [-0.3, -0.25) is 0 Å². The third kappa shape index (κ3) is 1.48. The average molecular weight is 209 g/mol. The van der Waals surface area contributed by atoms with Gasteiger partial charge in [0.1, 0.15) is 5.82 Å². The quantitative estimate of drug-likeness (QED) is 0.809. The van der Waals surface area contributed by atoms with Crippen molar-refractivity contribution in [2.24, 2.45) is 11.8 Å². The molecule has 0 amide bonds. The molecule has 1 N–H and O–H groups in total. The van der Waals surface area contributed by atoms with Crippen molar-refractivity contribution in [3.8, 4) is 0 Å². The monoisotopic (exact) mass is 208 g/mol. The van der Waals surface area contributed by atoms with Gasteiger partial charge in [-0.25, -0.2) is 4.98 Å². The fraction of sp³-hybridized carbons (Fsp3) is 0.545. The molecular formula is C11H13ClN2. The van der Waals surface area contributed by atoms with Crippen LogP contribution >= 0.6 is 11.6 Å². The van der Waals surface area contributed by atoms with Gasteiger partial charge >= 0.3 is 0 Å². The molecule has 0 aromatic carbocycles. The summed E-state index contributed by atoms with van der Waals surface area (Å²) in [6, 6.07) is 4.35. The zero-order valence-electron chi connectivity index (χ0n) is 7.91. The van der Waals surface area contributed by atoms with Crippen LogP contribution in [0.5, 0.6) is 0 Å². The van der Waals surface area contributed by atoms with Gasteiger partial charge in [0.15, 0.2) is 0 Å². The van der Waals surface area contributed by atoms with Crippen molar-refractivity contribution in [2.75, 3.05) is 5.32 Å². The molecule has 3 rings (SSSR count). The summed E-state index contributed by atoms with van der Waals surface area (Å²) in [6.07, 6.45) is 5.84. The third-order valence-electron chi connectivity index (χ3n) is 3.34. The van der Waals surface area contributed by atoms with Gasteiger partial charge in [-0.2, -0.15) is 0 Å². The Morgan fingerprint density at radius 2 is 2.07 bits per heavy atom. The summed E-state index contributed by atoms with van der Waals surface area (Å²) in [6.45, 7) is 0. The number of hydrogen-bond donors (Lipinski definition) is 1. The topological polar surface area (TPSA) is 24.9 Å². The van der Waals surface area contributed by atoms with E-state index in [0.29, 0.717) is 6.04 Å². The van der Waals surface area contributed by atoms with Crippen LogP contribution in [-0.2, 0) is 0 Å². The van der Waals surface area contributed by atoms with E-state index in [2.05, 4.69) is 10.3 Å². The van der Waals surface area contributed by atoms with Crippen LogP contribution in [0, 0.1) is 11.8 Å². The van der Waals surface area contributed by atoms with Crippen molar-refractivity contribution < 1.29 is 0 Å². The first-order chi connectivity index (χ1) is 6.83. The molecule has 0 radical (unpaired) electrons. The highest BCUT2D eigenvalue weighted by Crippen LogP contribution is 2.52. The van der Waals surface area contributed by atoms with Gasteiger partial charge < -0.3 is 5.32 Å². The molecule has 0 spiro atoms. The number of hydrogen-bond acceptors (Lipinski definition) is 2. The van der Waals surface area contributed by atoms with E-state index >= 15 is 0 Å². The van der Waals surface area contributed by atoms with E-state index < -0.39 is 0 Å². The second-order valence-electron chi connectivity index (χ2n) is 4.40. The normalized spacial score (nSPS) is 33.9. The van der Waals surface area contributed by atoms with Crippen molar-refractivity contribution in [1.82, 2.24) is 4.98 Å². The Bertz CT molecular complexity index is 343. The predicted octanol–water partition coefficient (Wildman–Crippen LogP) is 2.95. The molecule has 2 atom stereocenters. The molecule has 2 unspecified atom stereocenters. The molecule has 1 heterocycles. The lowest BCUT2D eigenvalue weighted by atomic mass is 10.1. The maximum atomic E-state index is 6.03. The Hall–Kier alpha value is -0.760. The van der Waals surface area contributed by atoms with Gasteiger partial charge in [0.25, 0.3) is 0 Å². The first-order valence-electron chi connectivity index (χ1n) is 5.20. The van der Waals surface area contributed by atoms with Crippen LogP contribution in [0.4, 0.5) is 5.82 Å². The van der Waals surface area contributed by atoms with Crippen molar-refractivity contribution >= 4 is 17.4 Å². The van der Waals surface area contributed by atoms with Crippen LogP contribution in [0.2, 0.25) is 5.02 Å². The average Bonchev–Trinajstić information content (AvgIpc) is 2.79. The van der Waals surface area contributed by atoms with Crippen molar-refractivity contribution in [3.63, 3.8) is 0 Å². The minimum atomic E-state index is 0.603. The number of nitrogens with zero attached hydrogens (tertiary/aromatic N) is 1. The smallest absolute Gasteiger partial charge is 0.144 e. The molecule has 0 bridgehead atoms. The maximum absolute atomic E-state index is 6.03. The van der Waals surface area contributed by atoms with Crippen LogP contribution in [0.15, 0.2) is 18.3 Å². The second kappa shape index (κ2) is 3.13. The molecule has 74 valence electrons. The molecule has 2 aliphatic rings. The van der Waals surface area contributed by atoms with Crippen LogP contribution in [0.25, 0.3) is 0 Å². The van der Waals surface area contributed by atoms with Gasteiger partial charge in [0.2, 0.25) is 0 Å². The molecule has 2 aliphatic carbocycles. The highest BCUT2D eigenvalue weighted by atomic mass is 35.5. The van der Waals surface area contributed by atoms with Crippen LogP contribution in [-0.4, -0.2) is 11.0 Å². The zero-order chi connectivity index (χ0) is 9.54. The minimum Gasteiger partial charge on any atom is -0.366 e. The number of pyridine rings is 1. The second-order valence-corrected chi connectivity index (χ2v) is 4.81. The largest absolute Gasteiger partial charge is 0.366 e. The molecular weight excluding hydrogens is 196 g/mol. The number of anilines is 1. The predicted molar refractivity (Wildman–Crippen MR) is 57.5 cm³/mol. The summed E-state index contributed by atoms with van der Waals surface area (Å²) in [5.74, 6) is 2.84. The van der Waals surface area contributed by atoms with Gasteiger partial charge in [0, 0.05) is 12.2 Å². The first-order valence-corrected chi connectivity index (χ1v) is 5.58. The SMILES string of the molecule is Clc1cccnc1NC1CC2CC2C1. The Morgan fingerprint density at radius 1 is 1.29 bits per heavy atom. The Kier molecular flexibility index (Phi) is 1.91. The lowest BCUT2D eigenvalue weighted by molar-refractivity contribution is 0.649. The highest BCUT2D eigenvalue weighted by molar-refractivity contribution is 6.32. The molecule has 14 heavy (non-hydrogen) atoms. The highest BCUT2D eigenvalue weighted by Gasteiger charge is 2.45. The lowest BCUT2D eigenvalue weighted by Gasteiger charge is -2.15. The first kappa shape index (κ1) is 8.54. The summed E-state index contributed by atoms with van der Waals surface area (Å²) in [7, 11) is 0. The van der Waals surface area contributed by atoms with E-state index in [1.54, 1.807) is 6.20 Å². The van der Waals surface area contributed by atoms with Gasteiger partial charge in [-0.15, -0.1) is 0 Å². The summed E-state index contributed by atoms with van der Waals surface area (Å²) in [5, 5.41) is 4.16. The lowest BCUT2D eigenvalue weighted by Crippen LogP contribution is -2.17. The number of halogens is 1. The van der Waals surface area contributed by atoms with Gasteiger partial charge in [-0.05, 0) is 43.2 Å². The van der Waals surface area contributed by atoms with E-state index in [9.17, 15) is 0 Å². The Morgan fingerprint density at radius 3 is 2.79 bits per heavy atom. The standard InChI is InChI=1S/C11H13ClN2/c12-10-2-1-3-13-11(10)14-9-5-7-4-8(7)6-9/h1-3,7-9H,4-6H2,(H,13,14). The Labute approximate surface area is 88.7 Å². The molecule has 2 fully saturated rings. The third-order valence-corrected chi connectivity index (χ3v) is 3.65. The minimum absolute atomic E-state index is 0.603. The van der Waals surface area contributed by atoms with Crippen molar-refractivity contribution in [2.45, 2.75) is 25.3 Å². The molecule has 0 saturated heterocycles. The molecule has 2 saturated carbocycles. The number of fused-ring (bicyclic) bond motifs is 1. The molecule has 0 aliphatic heterocycles. The van der Waals surface area contributed by atoms with Crippen molar-refractivity contribution in [3.05, 3.63) is 23.4 Å². The zero-order valence-corrected chi connectivity index (χ0v) is 8.67. The number of rotatable bonds is 2. The summed E-state index contributed by atoms with van der Waals surface area (Å²) >= 11 is 6.03. The van der Waals surface area contributed by atoms with Crippen LogP contribution in [0.1, 0.15) is 19.3 Å². The van der Waals surface area contributed by atoms with E-state index in [1.807, 2.05) is 12.1 Å². The number of nitrogens with one attached hydrogen (secondary N) is 1. The van der Waals surface area contributed by atoms with Crippen LogP contribution in [0.3, 0.4) is 0 Å². The van der Waals surface area contributed by atoms with Crippen molar-refractivity contribution in [1.29, 1.82) is 0 Å². The molecule has 2 nitrogen and oxygen atoms in total. The summed E-state index contributed by atoms with van der Waals surface area (Å²) in [4.78, 5) is 4.24. The van der Waals surface area contributed by atoms with E-state index in [1.165, 1.54) is 19.3 Å². The van der Waals surface area contributed by atoms with E-state index in [0.717, 1.165) is 22.7 Å².